The molecule has 0 heterocycles. The molecule has 0 radical (unpaired) electrons. The third-order valence-electron chi connectivity index (χ3n) is 3.99. The highest BCUT2D eigenvalue weighted by molar-refractivity contribution is 5.67. The maximum absolute atomic E-state index is 11.4. The lowest BCUT2D eigenvalue weighted by Gasteiger charge is -2.12. The molecule has 0 rings (SSSR count). The number of hydrogen-bond donors (Lipinski definition) is 2. The SMILES string of the molecule is CCCCCCCCCCCCCNC(=O)OCC(CO)OC. The molecule has 0 aromatic carbocycles. The van der Waals surface area contributed by atoms with E-state index in [9.17, 15) is 4.79 Å². The summed E-state index contributed by atoms with van der Waals surface area (Å²) in [7, 11) is 1.48. The van der Waals surface area contributed by atoms with Crippen LogP contribution >= 0.6 is 0 Å². The number of rotatable bonds is 16. The van der Waals surface area contributed by atoms with Crippen LogP contribution < -0.4 is 5.32 Å². The molecule has 0 fully saturated rings. The van der Waals surface area contributed by atoms with E-state index in [0.717, 1.165) is 12.8 Å². The molecule has 5 nitrogen and oxygen atoms in total. The number of carbonyl (C=O) groups is 1. The fraction of sp³-hybridized carbons (Fsp3) is 0.944. The average Bonchev–Trinajstić information content (AvgIpc) is 2.56. The van der Waals surface area contributed by atoms with Crippen molar-refractivity contribution in [1.82, 2.24) is 5.32 Å². The number of nitrogens with one attached hydrogen (secondary N) is 1. The topological polar surface area (TPSA) is 67.8 Å². The normalized spacial score (nSPS) is 12.1. The number of hydrogen-bond acceptors (Lipinski definition) is 4. The van der Waals surface area contributed by atoms with Crippen molar-refractivity contribution in [3.63, 3.8) is 0 Å². The zero-order chi connectivity index (χ0) is 17.2. The summed E-state index contributed by atoms with van der Waals surface area (Å²) in [6.45, 7) is 2.83. The van der Waals surface area contributed by atoms with Crippen LogP contribution in [0.5, 0.6) is 0 Å². The fourth-order valence-corrected chi connectivity index (χ4v) is 2.39. The summed E-state index contributed by atoms with van der Waals surface area (Å²) >= 11 is 0. The van der Waals surface area contributed by atoms with E-state index >= 15 is 0 Å². The number of alkyl carbamates (subject to hydrolysis) is 1. The van der Waals surface area contributed by atoms with Crippen LogP contribution in [0.1, 0.15) is 77.6 Å². The van der Waals surface area contributed by atoms with Crippen LogP contribution in [-0.2, 0) is 9.47 Å². The third-order valence-corrected chi connectivity index (χ3v) is 3.99. The van der Waals surface area contributed by atoms with Gasteiger partial charge in [0.05, 0.1) is 6.61 Å². The molecule has 1 unspecified atom stereocenters. The van der Waals surface area contributed by atoms with Crippen molar-refractivity contribution >= 4 is 6.09 Å². The van der Waals surface area contributed by atoms with E-state index in [1.807, 2.05) is 0 Å². The highest BCUT2D eigenvalue weighted by atomic mass is 16.6. The Morgan fingerprint density at radius 2 is 1.48 bits per heavy atom. The molecule has 0 spiro atoms. The van der Waals surface area contributed by atoms with Crippen LogP contribution in [0.25, 0.3) is 0 Å². The summed E-state index contributed by atoms with van der Waals surface area (Å²) in [5.74, 6) is 0. The predicted octanol–water partition coefficient (Wildman–Crippen LogP) is 4.03. The van der Waals surface area contributed by atoms with Gasteiger partial charge in [-0.25, -0.2) is 4.79 Å². The van der Waals surface area contributed by atoms with Crippen LogP contribution in [-0.4, -0.2) is 44.2 Å². The molecule has 0 aliphatic heterocycles. The molecule has 0 aromatic heterocycles. The first kappa shape index (κ1) is 22.2. The van der Waals surface area contributed by atoms with Crippen molar-refractivity contribution < 1.29 is 19.4 Å². The van der Waals surface area contributed by atoms with E-state index in [1.54, 1.807) is 0 Å². The number of amides is 1. The van der Waals surface area contributed by atoms with E-state index in [2.05, 4.69) is 12.2 Å². The molecule has 0 aliphatic carbocycles. The molecule has 0 aromatic rings. The Kier molecular flexibility index (Phi) is 16.9. The van der Waals surface area contributed by atoms with Crippen molar-refractivity contribution in [3.8, 4) is 0 Å². The number of aliphatic hydroxyl groups is 1. The van der Waals surface area contributed by atoms with Gasteiger partial charge in [-0.2, -0.15) is 0 Å². The molecular formula is C18H37NO4. The second-order valence-electron chi connectivity index (χ2n) is 6.10. The van der Waals surface area contributed by atoms with Crippen LogP contribution in [0.3, 0.4) is 0 Å². The summed E-state index contributed by atoms with van der Waals surface area (Å²) in [5.41, 5.74) is 0. The summed E-state index contributed by atoms with van der Waals surface area (Å²) in [4.78, 5) is 11.4. The van der Waals surface area contributed by atoms with Crippen molar-refractivity contribution in [1.29, 1.82) is 0 Å². The van der Waals surface area contributed by atoms with Crippen molar-refractivity contribution in [3.05, 3.63) is 0 Å². The van der Waals surface area contributed by atoms with Crippen molar-refractivity contribution in [2.75, 3.05) is 26.9 Å². The Bertz CT molecular complexity index is 257. The minimum Gasteiger partial charge on any atom is -0.447 e. The molecular weight excluding hydrogens is 294 g/mol. The zero-order valence-corrected chi connectivity index (χ0v) is 15.1. The van der Waals surface area contributed by atoms with Crippen LogP contribution in [0.4, 0.5) is 4.79 Å². The molecule has 0 saturated carbocycles. The Hall–Kier alpha value is -0.810. The van der Waals surface area contributed by atoms with E-state index in [1.165, 1.54) is 64.9 Å². The largest absolute Gasteiger partial charge is 0.447 e. The molecule has 5 heteroatoms. The average molecular weight is 331 g/mol. The van der Waals surface area contributed by atoms with E-state index < -0.39 is 12.2 Å². The van der Waals surface area contributed by atoms with Gasteiger partial charge in [0.1, 0.15) is 12.7 Å². The first-order valence-electron chi connectivity index (χ1n) is 9.28. The third kappa shape index (κ3) is 15.8. The summed E-state index contributed by atoms with van der Waals surface area (Å²) in [5, 5.41) is 11.6. The summed E-state index contributed by atoms with van der Waals surface area (Å²) in [6.07, 6.45) is 13.3. The van der Waals surface area contributed by atoms with Gasteiger partial charge in [-0.1, -0.05) is 71.1 Å². The predicted molar refractivity (Wildman–Crippen MR) is 93.7 cm³/mol. The quantitative estimate of drug-likeness (QED) is 0.419. The highest BCUT2D eigenvalue weighted by Gasteiger charge is 2.08. The first-order chi connectivity index (χ1) is 11.2. The van der Waals surface area contributed by atoms with Gasteiger partial charge in [0.25, 0.3) is 0 Å². The van der Waals surface area contributed by atoms with Crippen LogP contribution in [0.2, 0.25) is 0 Å². The maximum atomic E-state index is 11.4. The van der Waals surface area contributed by atoms with E-state index in [4.69, 9.17) is 14.6 Å². The lowest BCUT2D eigenvalue weighted by atomic mass is 10.1. The second kappa shape index (κ2) is 17.5. The van der Waals surface area contributed by atoms with Crippen LogP contribution in [0.15, 0.2) is 0 Å². The minimum atomic E-state index is -0.442. The molecule has 23 heavy (non-hydrogen) atoms. The Morgan fingerprint density at radius 3 is 1.96 bits per heavy atom. The number of methoxy groups -OCH3 is 1. The van der Waals surface area contributed by atoms with Gasteiger partial charge < -0.3 is 19.9 Å². The first-order valence-corrected chi connectivity index (χ1v) is 9.28. The summed E-state index contributed by atoms with van der Waals surface area (Å²) in [6, 6.07) is 0. The zero-order valence-electron chi connectivity index (χ0n) is 15.1. The standard InChI is InChI=1S/C18H37NO4/c1-3-4-5-6-7-8-9-10-11-12-13-14-19-18(21)23-16-17(15-20)22-2/h17,20H,3-16H2,1-2H3,(H,19,21). The number of carbonyl (C=O) groups excluding carboxylic acids is 1. The van der Waals surface area contributed by atoms with Gasteiger partial charge in [-0.3, -0.25) is 0 Å². The van der Waals surface area contributed by atoms with Gasteiger partial charge in [0, 0.05) is 13.7 Å². The number of unbranched alkanes of at least 4 members (excludes halogenated alkanes) is 10. The number of aliphatic hydroxyl groups excluding tert-OH is 1. The lowest BCUT2D eigenvalue weighted by molar-refractivity contribution is 0.00177. The Labute approximate surface area is 142 Å². The van der Waals surface area contributed by atoms with Crippen LogP contribution in [0, 0.1) is 0 Å². The van der Waals surface area contributed by atoms with Gasteiger partial charge in [-0.15, -0.1) is 0 Å². The summed E-state index contributed by atoms with van der Waals surface area (Å²) < 4.78 is 9.86. The van der Waals surface area contributed by atoms with E-state index in [0.29, 0.717) is 6.54 Å². The van der Waals surface area contributed by atoms with Gasteiger partial charge in [0.2, 0.25) is 0 Å². The fourth-order valence-electron chi connectivity index (χ4n) is 2.39. The molecule has 0 aliphatic rings. The Balaban J connectivity index is 3.22. The number of ether oxygens (including phenoxy) is 2. The van der Waals surface area contributed by atoms with Crippen molar-refractivity contribution in [2.24, 2.45) is 0 Å². The highest BCUT2D eigenvalue weighted by Crippen LogP contribution is 2.10. The molecule has 1 atom stereocenters. The second-order valence-corrected chi connectivity index (χ2v) is 6.10. The molecule has 2 N–H and O–H groups in total. The maximum Gasteiger partial charge on any atom is 0.407 e. The van der Waals surface area contributed by atoms with Gasteiger partial charge >= 0.3 is 6.09 Å². The minimum absolute atomic E-state index is 0.0804. The van der Waals surface area contributed by atoms with Gasteiger partial charge in [0.15, 0.2) is 0 Å². The Morgan fingerprint density at radius 1 is 0.957 bits per heavy atom. The van der Waals surface area contributed by atoms with Gasteiger partial charge in [-0.05, 0) is 6.42 Å². The monoisotopic (exact) mass is 331 g/mol. The van der Waals surface area contributed by atoms with Crippen molar-refractivity contribution in [2.45, 2.75) is 83.7 Å². The molecule has 138 valence electrons. The smallest absolute Gasteiger partial charge is 0.407 e. The lowest BCUT2D eigenvalue weighted by Crippen LogP contribution is -2.30. The molecule has 1 amide bonds. The van der Waals surface area contributed by atoms with E-state index in [-0.39, 0.29) is 13.2 Å². The molecule has 0 saturated heterocycles. The molecule has 0 bridgehead atoms.